The van der Waals surface area contributed by atoms with E-state index in [1.807, 2.05) is 13.1 Å². The van der Waals surface area contributed by atoms with E-state index in [4.69, 9.17) is 10.5 Å². The molecule has 1 aliphatic rings. The number of nitrogens with zero attached hydrogens (tertiary/aromatic N) is 1. The van der Waals surface area contributed by atoms with E-state index in [1.54, 1.807) is 7.11 Å². The van der Waals surface area contributed by atoms with E-state index in [-0.39, 0.29) is 17.9 Å². The van der Waals surface area contributed by atoms with Crippen molar-refractivity contribution in [3.63, 3.8) is 0 Å². The third-order valence-electron chi connectivity index (χ3n) is 3.13. The second-order valence-electron chi connectivity index (χ2n) is 4.55. The van der Waals surface area contributed by atoms with Crippen molar-refractivity contribution in [2.45, 2.75) is 18.4 Å². The van der Waals surface area contributed by atoms with Crippen LogP contribution in [-0.4, -0.2) is 45.2 Å². The molecule has 4 nitrogen and oxygen atoms in total. The highest BCUT2D eigenvalue weighted by Crippen LogP contribution is 2.28. The van der Waals surface area contributed by atoms with Crippen LogP contribution in [0.4, 0.5) is 0 Å². The molecule has 0 heterocycles. The highest BCUT2D eigenvalue weighted by molar-refractivity contribution is 5.85. The standard InChI is InChI=1S/C12H23N3O.ClH/c1-14-12(7-8-15(2)3)6-5-10(13)11(9-12)16-4;/h5-6,14H,7-9,13H2,1-4H3;1H. The molecule has 0 fully saturated rings. The van der Waals surface area contributed by atoms with E-state index >= 15 is 0 Å². The summed E-state index contributed by atoms with van der Waals surface area (Å²) >= 11 is 0. The van der Waals surface area contributed by atoms with Crippen molar-refractivity contribution in [2.24, 2.45) is 5.73 Å². The number of nitrogens with two attached hydrogens (primary N) is 1. The quantitative estimate of drug-likeness (QED) is 0.778. The maximum atomic E-state index is 5.85. The number of ether oxygens (including phenoxy) is 1. The molecular formula is C12H24ClN3O. The Bertz CT molecular complexity index is 302. The molecule has 3 N–H and O–H groups in total. The van der Waals surface area contributed by atoms with Gasteiger partial charge in [0, 0.05) is 12.0 Å². The van der Waals surface area contributed by atoms with E-state index in [2.05, 4.69) is 30.4 Å². The normalized spacial score (nSPS) is 23.8. The number of hydrogen-bond acceptors (Lipinski definition) is 4. The molecule has 17 heavy (non-hydrogen) atoms. The van der Waals surface area contributed by atoms with E-state index in [0.29, 0.717) is 0 Å². The van der Waals surface area contributed by atoms with Crippen LogP contribution in [0.1, 0.15) is 12.8 Å². The first-order valence-electron chi connectivity index (χ1n) is 5.58. The van der Waals surface area contributed by atoms with Gasteiger partial charge >= 0.3 is 0 Å². The highest BCUT2D eigenvalue weighted by atomic mass is 35.5. The maximum absolute atomic E-state index is 5.85. The van der Waals surface area contributed by atoms with Gasteiger partial charge in [-0.2, -0.15) is 0 Å². The van der Waals surface area contributed by atoms with Crippen molar-refractivity contribution in [1.82, 2.24) is 10.2 Å². The first kappa shape index (κ1) is 16.3. The first-order valence-corrected chi connectivity index (χ1v) is 5.58. The number of methoxy groups -OCH3 is 1. The summed E-state index contributed by atoms with van der Waals surface area (Å²) in [5.41, 5.74) is 6.56. The lowest BCUT2D eigenvalue weighted by atomic mass is 9.86. The largest absolute Gasteiger partial charge is 0.499 e. The molecule has 0 aromatic carbocycles. The molecule has 0 aromatic rings. The van der Waals surface area contributed by atoms with Gasteiger partial charge in [0.1, 0.15) is 5.76 Å². The van der Waals surface area contributed by atoms with Crippen molar-refractivity contribution in [1.29, 1.82) is 0 Å². The molecule has 0 spiro atoms. The summed E-state index contributed by atoms with van der Waals surface area (Å²) in [7, 11) is 7.82. The van der Waals surface area contributed by atoms with Gasteiger partial charge in [0.2, 0.25) is 0 Å². The topological polar surface area (TPSA) is 50.5 Å². The lowest BCUT2D eigenvalue weighted by molar-refractivity contribution is 0.228. The van der Waals surface area contributed by atoms with Gasteiger partial charge in [-0.1, -0.05) is 6.08 Å². The van der Waals surface area contributed by atoms with E-state index < -0.39 is 0 Å². The molecular weight excluding hydrogens is 238 g/mol. The molecule has 0 aromatic heterocycles. The van der Waals surface area contributed by atoms with Gasteiger partial charge in [0.05, 0.1) is 12.8 Å². The lowest BCUT2D eigenvalue weighted by Crippen LogP contribution is -2.45. The van der Waals surface area contributed by atoms with Crippen molar-refractivity contribution in [3.05, 3.63) is 23.6 Å². The fourth-order valence-corrected chi connectivity index (χ4v) is 1.87. The molecule has 5 heteroatoms. The van der Waals surface area contributed by atoms with Crippen LogP contribution in [0, 0.1) is 0 Å². The molecule has 100 valence electrons. The average molecular weight is 262 g/mol. The number of hydrogen-bond donors (Lipinski definition) is 2. The van der Waals surface area contributed by atoms with Gasteiger partial charge in [-0.15, -0.1) is 12.4 Å². The van der Waals surface area contributed by atoms with Gasteiger partial charge in [0.15, 0.2) is 0 Å². The van der Waals surface area contributed by atoms with Crippen LogP contribution in [0.15, 0.2) is 23.6 Å². The van der Waals surface area contributed by atoms with E-state index in [1.165, 1.54) is 0 Å². The number of nitrogens with one attached hydrogen (secondary N) is 1. The molecule has 0 saturated heterocycles. The van der Waals surface area contributed by atoms with Gasteiger partial charge in [-0.25, -0.2) is 0 Å². The van der Waals surface area contributed by atoms with Gasteiger partial charge < -0.3 is 20.7 Å². The summed E-state index contributed by atoms with van der Waals surface area (Å²) in [5, 5.41) is 3.37. The van der Waals surface area contributed by atoms with Crippen molar-refractivity contribution < 1.29 is 4.74 Å². The van der Waals surface area contributed by atoms with Crippen LogP contribution >= 0.6 is 12.4 Å². The Balaban J connectivity index is 0.00000256. The molecule has 1 atom stereocenters. The fraction of sp³-hybridized carbons (Fsp3) is 0.667. The Morgan fingerprint density at radius 2 is 2.18 bits per heavy atom. The Kier molecular flexibility index (Phi) is 6.60. The zero-order valence-corrected chi connectivity index (χ0v) is 11.9. The number of likely N-dealkylation sites (N-methyl/N-ethyl adjacent to an activating group) is 1. The minimum absolute atomic E-state index is 0. The third-order valence-corrected chi connectivity index (χ3v) is 3.13. The maximum Gasteiger partial charge on any atom is 0.120 e. The zero-order valence-electron chi connectivity index (χ0n) is 11.1. The predicted molar refractivity (Wildman–Crippen MR) is 74.2 cm³/mol. The number of allylic oxidation sites excluding steroid dienone is 1. The Labute approximate surface area is 110 Å². The average Bonchev–Trinajstić information content (AvgIpc) is 2.28. The molecule has 0 aliphatic heterocycles. The van der Waals surface area contributed by atoms with Crippen LogP contribution in [0.25, 0.3) is 0 Å². The van der Waals surface area contributed by atoms with Gasteiger partial charge in [-0.05, 0) is 40.2 Å². The minimum Gasteiger partial charge on any atom is -0.499 e. The molecule has 0 amide bonds. The van der Waals surface area contributed by atoms with Gasteiger partial charge in [0.25, 0.3) is 0 Å². The summed E-state index contributed by atoms with van der Waals surface area (Å²) in [6.07, 6.45) is 5.94. The molecule has 1 aliphatic carbocycles. The SMILES string of the molecule is CNC1(CCN(C)C)C=CC(N)=C(OC)C1.Cl. The van der Waals surface area contributed by atoms with Gasteiger partial charge in [-0.3, -0.25) is 0 Å². The zero-order chi connectivity index (χ0) is 12.2. The van der Waals surface area contributed by atoms with Crippen LogP contribution in [0.2, 0.25) is 0 Å². The fourth-order valence-electron chi connectivity index (χ4n) is 1.87. The Morgan fingerprint density at radius 3 is 2.65 bits per heavy atom. The number of rotatable bonds is 5. The first-order chi connectivity index (χ1) is 7.53. The summed E-state index contributed by atoms with van der Waals surface area (Å²) in [5.74, 6) is 0.871. The predicted octanol–water partition coefficient (Wildman–Crippen LogP) is 1.09. The molecule has 0 saturated carbocycles. The van der Waals surface area contributed by atoms with E-state index in [0.717, 1.165) is 30.8 Å². The van der Waals surface area contributed by atoms with E-state index in [9.17, 15) is 0 Å². The molecule has 1 unspecified atom stereocenters. The van der Waals surface area contributed by atoms with Crippen molar-refractivity contribution in [3.8, 4) is 0 Å². The summed E-state index contributed by atoms with van der Waals surface area (Å²) in [4.78, 5) is 2.18. The monoisotopic (exact) mass is 261 g/mol. The highest BCUT2D eigenvalue weighted by Gasteiger charge is 2.30. The van der Waals surface area contributed by atoms with Crippen LogP contribution in [-0.2, 0) is 4.74 Å². The van der Waals surface area contributed by atoms with Crippen molar-refractivity contribution >= 4 is 12.4 Å². The molecule has 0 bridgehead atoms. The third kappa shape index (κ3) is 4.22. The summed E-state index contributed by atoms with van der Waals surface area (Å²) in [6, 6.07) is 0. The van der Waals surface area contributed by atoms with Crippen LogP contribution in [0.3, 0.4) is 0 Å². The second-order valence-corrected chi connectivity index (χ2v) is 4.55. The second kappa shape index (κ2) is 6.89. The van der Waals surface area contributed by atoms with Crippen LogP contribution < -0.4 is 11.1 Å². The van der Waals surface area contributed by atoms with Crippen LogP contribution in [0.5, 0.6) is 0 Å². The molecule has 0 radical (unpaired) electrons. The number of halogens is 1. The molecule has 1 rings (SSSR count). The summed E-state index contributed by atoms with van der Waals surface area (Å²) < 4.78 is 5.32. The Morgan fingerprint density at radius 1 is 1.53 bits per heavy atom. The lowest BCUT2D eigenvalue weighted by Gasteiger charge is -2.34. The summed E-state index contributed by atoms with van der Waals surface area (Å²) in [6.45, 7) is 1.03. The van der Waals surface area contributed by atoms with Crippen molar-refractivity contribution in [2.75, 3.05) is 34.8 Å². The Hall–Kier alpha value is -0.710. The minimum atomic E-state index is -0.0293. The smallest absolute Gasteiger partial charge is 0.120 e.